The highest BCUT2D eigenvalue weighted by molar-refractivity contribution is 6.22. The van der Waals surface area contributed by atoms with E-state index in [1.165, 1.54) is 24.3 Å². The number of phenolic OH excluding ortho intramolecular Hbond substituents is 1. The molecule has 5 rings (SSSR count). The van der Waals surface area contributed by atoms with Crippen LogP contribution in [0.15, 0.2) is 90.0 Å². The Hall–Kier alpha value is -4.60. The van der Waals surface area contributed by atoms with Crippen molar-refractivity contribution >= 4 is 34.8 Å². The molecule has 0 unspecified atom stereocenters. The van der Waals surface area contributed by atoms with Gasteiger partial charge in [0.2, 0.25) is 11.8 Å². The topological polar surface area (TPSA) is 141 Å². The SMILES string of the molecule is CCCC1=C([C@H](O)CC/C(=C/c2ccccc2O)c2ccccc2)[C@H](CO)[C@@H]2C(=O)N(c3cccc([N+](=O)[O-])c3)C(=O)[C@@H]2C1. The molecule has 1 heterocycles. The largest absolute Gasteiger partial charge is 0.507 e. The van der Waals surface area contributed by atoms with Gasteiger partial charge in [-0.25, -0.2) is 4.90 Å². The first-order chi connectivity index (χ1) is 21.2. The van der Waals surface area contributed by atoms with Crippen LogP contribution < -0.4 is 4.90 Å². The molecular weight excluding hydrogens is 560 g/mol. The molecule has 1 saturated heterocycles. The number of nitrogens with zero attached hydrogens (tertiary/aromatic N) is 2. The highest BCUT2D eigenvalue weighted by atomic mass is 16.6. The number of carbonyl (C=O) groups excluding carboxylic acids is 2. The summed E-state index contributed by atoms with van der Waals surface area (Å²) in [4.78, 5) is 39.2. The van der Waals surface area contributed by atoms with Crippen LogP contribution in [0.1, 0.15) is 50.2 Å². The third kappa shape index (κ3) is 6.06. The number of aliphatic hydroxyl groups excluding tert-OH is 2. The molecule has 0 radical (unpaired) electrons. The van der Waals surface area contributed by atoms with Gasteiger partial charge in [-0.05, 0) is 60.6 Å². The van der Waals surface area contributed by atoms with Crippen LogP contribution in [0.4, 0.5) is 11.4 Å². The number of rotatable bonds is 11. The van der Waals surface area contributed by atoms with Gasteiger partial charge < -0.3 is 15.3 Å². The molecule has 2 amide bonds. The molecule has 3 N–H and O–H groups in total. The Morgan fingerprint density at radius 2 is 1.77 bits per heavy atom. The van der Waals surface area contributed by atoms with Crippen molar-refractivity contribution in [3.8, 4) is 5.75 Å². The first kappa shape index (κ1) is 30.8. The van der Waals surface area contributed by atoms with Crippen molar-refractivity contribution in [3.63, 3.8) is 0 Å². The number of phenols is 1. The van der Waals surface area contributed by atoms with Gasteiger partial charge in [0.1, 0.15) is 5.75 Å². The van der Waals surface area contributed by atoms with Crippen LogP contribution in [0.25, 0.3) is 11.6 Å². The van der Waals surface area contributed by atoms with Crippen LogP contribution in [0.2, 0.25) is 0 Å². The van der Waals surface area contributed by atoms with Crippen LogP contribution in [0.3, 0.4) is 0 Å². The number of aromatic hydroxyl groups is 1. The van der Waals surface area contributed by atoms with Crippen molar-refractivity contribution in [2.24, 2.45) is 17.8 Å². The number of amides is 2. The van der Waals surface area contributed by atoms with E-state index in [4.69, 9.17) is 0 Å². The summed E-state index contributed by atoms with van der Waals surface area (Å²) in [6, 6.07) is 22.1. The number of hydrogen-bond acceptors (Lipinski definition) is 7. The average Bonchev–Trinajstić information content (AvgIpc) is 3.28. The second-order valence-corrected chi connectivity index (χ2v) is 11.4. The molecule has 0 bridgehead atoms. The van der Waals surface area contributed by atoms with Gasteiger partial charge in [-0.2, -0.15) is 0 Å². The van der Waals surface area contributed by atoms with Gasteiger partial charge in [0.15, 0.2) is 0 Å². The van der Waals surface area contributed by atoms with Crippen molar-refractivity contribution in [3.05, 3.63) is 111 Å². The van der Waals surface area contributed by atoms with Crippen LogP contribution in [-0.2, 0) is 9.59 Å². The summed E-state index contributed by atoms with van der Waals surface area (Å²) in [7, 11) is 0. The molecule has 9 nitrogen and oxygen atoms in total. The van der Waals surface area contributed by atoms with Crippen molar-refractivity contribution < 1.29 is 29.8 Å². The number of allylic oxidation sites excluding steroid dienone is 2. The van der Waals surface area contributed by atoms with E-state index in [1.54, 1.807) is 12.1 Å². The fourth-order valence-electron chi connectivity index (χ4n) is 6.70. The lowest BCUT2D eigenvalue weighted by Gasteiger charge is -2.36. The fourth-order valence-corrected chi connectivity index (χ4v) is 6.70. The van der Waals surface area contributed by atoms with Crippen LogP contribution >= 0.6 is 0 Å². The maximum atomic E-state index is 13.8. The molecule has 228 valence electrons. The Labute approximate surface area is 255 Å². The number of anilines is 1. The molecule has 9 heteroatoms. The van der Waals surface area contributed by atoms with Crippen molar-refractivity contribution in [1.29, 1.82) is 0 Å². The fraction of sp³-hybridized carbons (Fsp3) is 0.314. The highest BCUT2D eigenvalue weighted by Gasteiger charge is 2.55. The molecule has 0 saturated carbocycles. The molecule has 0 spiro atoms. The van der Waals surface area contributed by atoms with Gasteiger partial charge in [-0.3, -0.25) is 19.7 Å². The maximum absolute atomic E-state index is 13.8. The summed E-state index contributed by atoms with van der Waals surface area (Å²) in [6.07, 6.45) is 3.28. The number of para-hydroxylation sites is 1. The van der Waals surface area contributed by atoms with E-state index in [2.05, 4.69) is 0 Å². The number of benzene rings is 3. The van der Waals surface area contributed by atoms with Crippen LogP contribution in [0, 0.1) is 27.9 Å². The third-order valence-electron chi connectivity index (χ3n) is 8.69. The van der Waals surface area contributed by atoms with E-state index in [0.717, 1.165) is 28.0 Å². The monoisotopic (exact) mass is 596 g/mol. The zero-order valence-corrected chi connectivity index (χ0v) is 24.5. The second kappa shape index (κ2) is 13.4. The number of non-ortho nitro benzene ring substituents is 1. The Balaban J connectivity index is 1.46. The lowest BCUT2D eigenvalue weighted by molar-refractivity contribution is -0.384. The van der Waals surface area contributed by atoms with Crippen LogP contribution in [0.5, 0.6) is 5.75 Å². The highest BCUT2D eigenvalue weighted by Crippen LogP contribution is 2.48. The number of aliphatic hydroxyl groups is 2. The predicted octanol–water partition coefficient (Wildman–Crippen LogP) is 5.90. The minimum absolute atomic E-state index is 0.126. The minimum atomic E-state index is -0.985. The first-order valence-electron chi connectivity index (χ1n) is 14.9. The molecule has 3 aromatic carbocycles. The van der Waals surface area contributed by atoms with E-state index < -0.39 is 47.2 Å². The first-order valence-corrected chi connectivity index (χ1v) is 14.9. The molecule has 4 atom stereocenters. The normalized spacial score (nSPS) is 21.0. The Bertz CT molecular complexity index is 1610. The number of imide groups is 1. The van der Waals surface area contributed by atoms with Gasteiger partial charge in [0.05, 0.1) is 35.2 Å². The van der Waals surface area contributed by atoms with Gasteiger partial charge in [-0.1, -0.05) is 73.5 Å². The number of fused-ring (bicyclic) bond motifs is 1. The van der Waals surface area contributed by atoms with E-state index >= 15 is 0 Å². The smallest absolute Gasteiger partial charge is 0.271 e. The molecule has 1 aliphatic heterocycles. The Morgan fingerprint density at radius 1 is 1.05 bits per heavy atom. The van der Waals surface area contributed by atoms with Crippen molar-refractivity contribution in [2.45, 2.75) is 45.1 Å². The van der Waals surface area contributed by atoms with E-state index in [0.29, 0.717) is 30.4 Å². The van der Waals surface area contributed by atoms with Gasteiger partial charge >= 0.3 is 0 Å². The molecule has 1 fully saturated rings. The zero-order chi connectivity index (χ0) is 31.4. The van der Waals surface area contributed by atoms with E-state index in [-0.39, 0.29) is 23.5 Å². The van der Waals surface area contributed by atoms with Crippen molar-refractivity contribution in [1.82, 2.24) is 0 Å². The van der Waals surface area contributed by atoms with E-state index in [9.17, 15) is 35.0 Å². The molecule has 0 aromatic heterocycles. The predicted molar refractivity (Wildman–Crippen MR) is 167 cm³/mol. The van der Waals surface area contributed by atoms with Crippen molar-refractivity contribution in [2.75, 3.05) is 11.5 Å². The zero-order valence-electron chi connectivity index (χ0n) is 24.5. The molecule has 44 heavy (non-hydrogen) atoms. The van der Waals surface area contributed by atoms with Gasteiger partial charge in [0.25, 0.3) is 5.69 Å². The summed E-state index contributed by atoms with van der Waals surface area (Å²) in [5.41, 5.74) is 3.86. The average molecular weight is 597 g/mol. The molecule has 2 aliphatic rings. The summed E-state index contributed by atoms with van der Waals surface area (Å²) >= 11 is 0. The Morgan fingerprint density at radius 3 is 2.45 bits per heavy atom. The summed E-state index contributed by atoms with van der Waals surface area (Å²) in [5.74, 6) is -3.21. The summed E-state index contributed by atoms with van der Waals surface area (Å²) < 4.78 is 0. The van der Waals surface area contributed by atoms with Gasteiger partial charge in [0, 0.05) is 23.6 Å². The maximum Gasteiger partial charge on any atom is 0.271 e. The lowest BCUT2D eigenvalue weighted by Crippen LogP contribution is -2.39. The number of nitro groups is 1. The number of nitro benzene ring substituents is 1. The lowest BCUT2D eigenvalue weighted by atomic mass is 9.67. The van der Waals surface area contributed by atoms with E-state index in [1.807, 2.05) is 55.5 Å². The standard InChI is InChI=1S/C35H36N2O7/c1-2-9-25-19-28-33(35(42)36(34(28)41)26-13-8-14-27(20-26)37(43)44)29(21-38)32(25)31(40)17-16-23(22-10-4-3-5-11-22)18-24-12-6-7-15-30(24)39/h3-8,10-15,18,20,28-29,31,33,38-40H,2,9,16-17,19,21H2,1H3/b23-18-/t28-,29+,31-,33-/m1/s1. The third-order valence-corrected chi connectivity index (χ3v) is 8.69. The molecular formula is C35H36N2O7. The van der Waals surface area contributed by atoms with Crippen LogP contribution in [-0.4, -0.2) is 44.8 Å². The molecule has 1 aliphatic carbocycles. The minimum Gasteiger partial charge on any atom is -0.507 e. The summed E-state index contributed by atoms with van der Waals surface area (Å²) in [5, 5.41) is 44.1. The molecule has 3 aromatic rings. The number of hydrogen-bond donors (Lipinski definition) is 3. The summed E-state index contributed by atoms with van der Waals surface area (Å²) in [6.45, 7) is 1.57. The second-order valence-electron chi connectivity index (χ2n) is 11.4. The van der Waals surface area contributed by atoms with Gasteiger partial charge in [-0.15, -0.1) is 0 Å². The number of carbonyl (C=O) groups is 2. The Kier molecular flexibility index (Phi) is 9.37. The quantitative estimate of drug-likeness (QED) is 0.0823.